The molecule has 7 nitrogen and oxygen atoms in total. The Morgan fingerprint density at radius 3 is 3.05 bits per heavy atom. The van der Waals surface area contributed by atoms with Crippen molar-refractivity contribution in [1.29, 1.82) is 0 Å². The number of aromatic nitrogens is 3. The van der Waals surface area contributed by atoms with E-state index in [4.69, 9.17) is 10.8 Å². The van der Waals surface area contributed by atoms with Gasteiger partial charge in [0.05, 0.1) is 11.4 Å². The number of rotatable bonds is 4. The monoisotopic (exact) mass is 373 g/mol. The third-order valence-corrected chi connectivity index (χ3v) is 3.44. The van der Waals surface area contributed by atoms with Gasteiger partial charge in [0.25, 0.3) is 0 Å². The lowest BCUT2D eigenvalue weighted by molar-refractivity contribution is 0.191. The summed E-state index contributed by atoms with van der Waals surface area (Å²) in [5.74, 6) is 0.412. The van der Waals surface area contributed by atoms with Crippen molar-refractivity contribution in [3.8, 4) is 0 Å². The second-order valence-electron chi connectivity index (χ2n) is 3.88. The van der Waals surface area contributed by atoms with Crippen LogP contribution in [-0.4, -0.2) is 31.8 Å². The number of fused-ring (bicyclic) bond motifs is 1. The fourth-order valence-electron chi connectivity index (χ4n) is 1.79. The molecule has 0 fully saturated rings. The highest BCUT2D eigenvalue weighted by Gasteiger charge is 2.14. The summed E-state index contributed by atoms with van der Waals surface area (Å²) in [6.07, 6.45) is 3.69. The van der Waals surface area contributed by atoms with E-state index in [0.717, 1.165) is 8.96 Å². The Labute approximate surface area is 122 Å². The first-order chi connectivity index (χ1) is 9.02. The molecule has 0 bridgehead atoms. The molecule has 2 heterocycles. The predicted octanol–water partition coefficient (Wildman–Crippen LogP) is 1.44. The minimum absolute atomic E-state index is 0.395. The van der Waals surface area contributed by atoms with Crippen molar-refractivity contribution in [2.75, 3.05) is 5.73 Å². The average molecular weight is 373 g/mol. The summed E-state index contributed by atoms with van der Waals surface area (Å²) in [7, 11) is 0. The topological polar surface area (TPSA) is 106 Å². The van der Waals surface area contributed by atoms with Crippen LogP contribution in [0.2, 0.25) is 0 Å². The number of nitrogens with one attached hydrogen (secondary N) is 1. The van der Waals surface area contributed by atoms with Gasteiger partial charge in [0, 0.05) is 16.3 Å². The van der Waals surface area contributed by atoms with Crippen LogP contribution in [0.4, 0.5) is 10.6 Å². The highest BCUT2D eigenvalue weighted by atomic mass is 127. The maximum absolute atomic E-state index is 10.7. The first-order valence-corrected chi connectivity index (χ1v) is 6.47. The van der Waals surface area contributed by atoms with E-state index in [9.17, 15) is 4.79 Å². The molecular weight excluding hydrogens is 361 g/mol. The lowest BCUT2D eigenvalue weighted by atomic mass is 10.3. The Balaban J connectivity index is 2.38. The number of anilines is 1. The summed E-state index contributed by atoms with van der Waals surface area (Å²) in [5, 5.41) is 11.9. The van der Waals surface area contributed by atoms with Crippen LogP contribution in [0.1, 0.15) is 0 Å². The van der Waals surface area contributed by atoms with Crippen LogP contribution < -0.4 is 11.1 Å². The molecule has 0 saturated heterocycles. The van der Waals surface area contributed by atoms with Crippen molar-refractivity contribution in [2.24, 2.45) is 0 Å². The van der Waals surface area contributed by atoms with Gasteiger partial charge in [-0.15, -0.1) is 6.58 Å². The van der Waals surface area contributed by atoms with E-state index in [-0.39, 0.29) is 0 Å². The fraction of sp³-hybridized carbons (Fsp3) is 0.182. The smallest absolute Gasteiger partial charge is 0.405 e. The molecule has 1 amide bonds. The number of nitrogen functional groups attached to an aromatic ring is 1. The van der Waals surface area contributed by atoms with E-state index in [0.29, 0.717) is 18.0 Å². The first-order valence-electron chi connectivity index (χ1n) is 5.39. The zero-order valence-electron chi connectivity index (χ0n) is 9.88. The molecule has 19 heavy (non-hydrogen) atoms. The van der Waals surface area contributed by atoms with Crippen LogP contribution in [0.5, 0.6) is 0 Å². The van der Waals surface area contributed by atoms with Crippen molar-refractivity contribution < 1.29 is 9.90 Å². The van der Waals surface area contributed by atoms with Gasteiger partial charge in [0.15, 0.2) is 0 Å². The number of carbonyl (C=O) groups is 1. The largest absolute Gasteiger partial charge is 0.465 e. The zero-order chi connectivity index (χ0) is 14.0. The minimum atomic E-state index is -1.09. The lowest BCUT2D eigenvalue weighted by Gasteiger charge is -2.13. The molecule has 0 aliphatic heterocycles. The van der Waals surface area contributed by atoms with Gasteiger partial charge in [-0.2, -0.15) is 0 Å². The summed E-state index contributed by atoms with van der Waals surface area (Å²) in [6, 6.07) is -0.403. The Hall–Kier alpha value is -1.84. The summed E-state index contributed by atoms with van der Waals surface area (Å²) in [5.41, 5.74) is 6.49. The van der Waals surface area contributed by atoms with Gasteiger partial charge >= 0.3 is 6.09 Å². The molecule has 0 spiro atoms. The minimum Gasteiger partial charge on any atom is -0.465 e. The molecule has 0 saturated carbocycles. The molecule has 4 N–H and O–H groups in total. The highest BCUT2D eigenvalue weighted by molar-refractivity contribution is 14.1. The molecule has 100 valence electrons. The highest BCUT2D eigenvalue weighted by Crippen LogP contribution is 2.25. The zero-order valence-corrected chi connectivity index (χ0v) is 12.0. The van der Waals surface area contributed by atoms with Crippen LogP contribution in [0.3, 0.4) is 0 Å². The van der Waals surface area contributed by atoms with E-state index < -0.39 is 12.1 Å². The molecular formula is C11H12IN5O2. The number of nitrogens with zero attached hydrogens (tertiary/aromatic N) is 3. The van der Waals surface area contributed by atoms with Gasteiger partial charge in [-0.1, -0.05) is 6.08 Å². The van der Waals surface area contributed by atoms with Crippen LogP contribution in [0.25, 0.3) is 11.0 Å². The number of hydrogen-bond donors (Lipinski definition) is 3. The van der Waals surface area contributed by atoms with E-state index >= 15 is 0 Å². The number of hydrogen-bond acceptors (Lipinski definition) is 4. The third-order valence-electron chi connectivity index (χ3n) is 2.62. The number of carboxylic acid groups (broad SMARTS) is 1. The normalized spacial score (nSPS) is 12.3. The van der Waals surface area contributed by atoms with Crippen LogP contribution in [0, 0.1) is 3.57 Å². The van der Waals surface area contributed by atoms with Crippen molar-refractivity contribution in [2.45, 2.75) is 12.6 Å². The molecule has 1 atom stereocenters. The van der Waals surface area contributed by atoms with Crippen molar-refractivity contribution in [3.05, 3.63) is 28.7 Å². The van der Waals surface area contributed by atoms with Crippen molar-refractivity contribution in [3.63, 3.8) is 0 Å². The van der Waals surface area contributed by atoms with Gasteiger partial charge in [0.1, 0.15) is 17.8 Å². The molecule has 0 aliphatic carbocycles. The molecule has 0 aliphatic rings. The van der Waals surface area contributed by atoms with E-state index in [1.54, 1.807) is 0 Å². The van der Waals surface area contributed by atoms with Gasteiger partial charge in [-0.05, 0) is 22.6 Å². The molecule has 2 aromatic heterocycles. The van der Waals surface area contributed by atoms with Gasteiger partial charge < -0.3 is 20.7 Å². The number of nitrogens with two attached hydrogens (primary N) is 1. The number of amides is 1. The Kier molecular flexibility index (Phi) is 3.88. The summed E-state index contributed by atoms with van der Waals surface area (Å²) in [6.45, 7) is 4.01. The Bertz CT molecular complexity index is 639. The molecule has 0 radical (unpaired) electrons. The molecule has 2 rings (SSSR count). The second-order valence-corrected chi connectivity index (χ2v) is 5.04. The van der Waals surface area contributed by atoms with E-state index in [1.165, 1.54) is 12.4 Å². The summed E-state index contributed by atoms with van der Waals surface area (Å²) < 4.78 is 2.75. The lowest BCUT2D eigenvalue weighted by Crippen LogP contribution is -2.35. The van der Waals surface area contributed by atoms with Crippen molar-refractivity contribution >= 4 is 45.5 Å². The Morgan fingerprint density at radius 1 is 1.68 bits per heavy atom. The molecule has 0 unspecified atom stereocenters. The standard InChI is InChI=1S/C11H12IN5O2/c1-2-6(16-11(18)19)3-17-4-7(12)8-9(13)14-5-15-10(8)17/h2,4-6,16H,1,3H2,(H,18,19)(H2,13,14,15)/t6-/m1/s1. The van der Waals surface area contributed by atoms with Gasteiger partial charge in [-0.3, -0.25) is 0 Å². The molecule has 0 aromatic carbocycles. The quantitative estimate of drug-likeness (QED) is 0.556. The fourth-order valence-corrected chi connectivity index (χ4v) is 2.64. The Morgan fingerprint density at radius 2 is 2.42 bits per heavy atom. The van der Waals surface area contributed by atoms with Gasteiger partial charge in [0.2, 0.25) is 0 Å². The maximum atomic E-state index is 10.7. The van der Waals surface area contributed by atoms with Crippen LogP contribution in [-0.2, 0) is 6.54 Å². The van der Waals surface area contributed by atoms with E-state index in [1.807, 2.05) is 10.8 Å². The van der Waals surface area contributed by atoms with Crippen LogP contribution in [0.15, 0.2) is 25.2 Å². The number of halogens is 1. The summed E-state index contributed by atoms with van der Waals surface area (Å²) >= 11 is 2.15. The van der Waals surface area contributed by atoms with Gasteiger partial charge in [-0.25, -0.2) is 14.8 Å². The summed E-state index contributed by atoms with van der Waals surface area (Å²) in [4.78, 5) is 18.8. The SMILES string of the molecule is C=C[C@H](Cn1cc(I)c2c(N)ncnc21)NC(=O)O. The first kappa shape index (κ1) is 13.6. The maximum Gasteiger partial charge on any atom is 0.405 e. The third kappa shape index (κ3) is 2.78. The predicted molar refractivity (Wildman–Crippen MR) is 79.8 cm³/mol. The van der Waals surface area contributed by atoms with Crippen molar-refractivity contribution in [1.82, 2.24) is 19.9 Å². The van der Waals surface area contributed by atoms with E-state index in [2.05, 4.69) is 44.5 Å². The average Bonchev–Trinajstić information content (AvgIpc) is 2.66. The van der Waals surface area contributed by atoms with Crippen LogP contribution >= 0.6 is 22.6 Å². The molecule has 2 aromatic rings. The molecule has 8 heteroatoms. The second kappa shape index (κ2) is 5.43.